The minimum atomic E-state index is -0.153. The number of aromatic nitrogens is 2. The Morgan fingerprint density at radius 1 is 1.38 bits per heavy atom. The lowest BCUT2D eigenvalue weighted by Crippen LogP contribution is -2.27. The van der Waals surface area contributed by atoms with E-state index in [0.717, 1.165) is 17.2 Å². The summed E-state index contributed by atoms with van der Waals surface area (Å²) in [4.78, 5) is 22.1. The first-order chi connectivity index (χ1) is 10.0. The summed E-state index contributed by atoms with van der Waals surface area (Å²) in [6.07, 6.45) is 4.30. The Balaban J connectivity index is 1.65. The summed E-state index contributed by atoms with van der Waals surface area (Å²) in [5.74, 6) is 2.96. The Hall–Kier alpha value is -2.17. The molecule has 2 aromatic heterocycles. The van der Waals surface area contributed by atoms with E-state index in [0.29, 0.717) is 24.1 Å². The van der Waals surface area contributed by atoms with Crippen molar-refractivity contribution in [2.75, 3.05) is 7.05 Å². The molecule has 0 bridgehead atoms. The Bertz CT molecular complexity index is 648. The number of rotatable bonds is 4. The van der Waals surface area contributed by atoms with Crippen LogP contribution in [0, 0.1) is 12.8 Å². The lowest BCUT2D eigenvalue weighted by Gasteiger charge is -2.14. The van der Waals surface area contributed by atoms with Gasteiger partial charge in [0.25, 0.3) is 5.91 Å². The number of hydrogen-bond acceptors (Lipinski definition) is 4. The average molecular weight is 285 g/mol. The van der Waals surface area contributed by atoms with E-state index in [1.54, 1.807) is 18.1 Å². The van der Waals surface area contributed by atoms with Crippen LogP contribution in [0.3, 0.4) is 0 Å². The van der Waals surface area contributed by atoms with E-state index >= 15 is 0 Å². The topological polar surface area (TPSA) is 59.2 Å². The molecule has 5 heteroatoms. The first-order valence-electron chi connectivity index (χ1n) is 7.17. The summed E-state index contributed by atoms with van der Waals surface area (Å²) < 4.78 is 5.82. The van der Waals surface area contributed by atoms with Crippen LogP contribution in [-0.2, 0) is 6.54 Å². The predicted molar refractivity (Wildman–Crippen MR) is 77.8 cm³/mol. The van der Waals surface area contributed by atoms with Crippen molar-refractivity contribution in [2.24, 2.45) is 5.92 Å². The average Bonchev–Trinajstić information content (AvgIpc) is 3.02. The van der Waals surface area contributed by atoms with Gasteiger partial charge in [0.1, 0.15) is 17.2 Å². The van der Waals surface area contributed by atoms with Gasteiger partial charge in [-0.05, 0) is 31.4 Å². The number of aryl methyl sites for hydroxylation is 1. The highest BCUT2D eigenvalue weighted by Crippen LogP contribution is 2.47. The van der Waals surface area contributed by atoms with Gasteiger partial charge in [-0.2, -0.15) is 0 Å². The standard InChI is InChI=1S/C16H19N3O2/c1-10-6-13(10)15-5-4-12(21-15)9-19(3)16(20)14-8-17-11(2)7-18-14/h4-5,7-8,10,13H,6,9H2,1-3H3/t10-,13-/m0/s1. The molecule has 1 aliphatic rings. The molecular weight excluding hydrogens is 266 g/mol. The molecule has 2 heterocycles. The second-order valence-electron chi connectivity index (χ2n) is 5.83. The lowest BCUT2D eigenvalue weighted by atomic mass is 10.3. The Labute approximate surface area is 124 Å². The summed E-state index contributed by atoms with van der Waals surface area (Å²) in [5.41, 5.74) is 1.15. The summed E-state index contributed by atoms with van der Waals surface area (Å²) in [5, 5.41) is 0. The molecule has 0 saturated heterocycles. The first kappa shape index (κ1) is 13.8. The van der Waals surface area contributed by atoms with Crippen molar-refractivity contribution < 1.29 is 9.21 Å². The Morgan fingerprint density at radius 3 is 2.76 bits per heavy atom. The minimum Gasteiger partial charge on any atom is -0.464 e. The van der Waals surface area contributed by atoms with Crippen LogP contribution in [0.2, 0.25) is 0 Å². The SMILES string of the molecule is Cc1cnc(C(=O)N(C)Cc2ccc([C@H]3C[C@@H]3C)o2)cn1. The fraction of sp³-hybridized carbons (Fsp3) is 0.438. The second-order valence-corrected chi connectivity index (χ2v) is 5.83. The van der Waals surface area contributed by atoms with Gasteiger partial charge in [-0.25, -0.2) is 4.98 Å². The maximum Gasteiger partial charge on any atom is 0.274 e. The van der Waals surface area contributed by atoms with Crippen LogP contribution in [0.5, 0.6) is 0 Å². The van der Waals surface area contributed by atoms with Gasteiger partial charge in [0.2, 0.25) is 0 Å². The van der Waals surface area contributed by atoms with Gasteiger partial charge in [-0.1, -0.05) is 6.92 Å². The van der Waals surface area contributed by atoms with E-state index in [-0.39, 0.29) is 5.91 Å². The zero-order valence-corrected chi connectivity index (χ0v) is 12.5. The van der Waals surface area contributed by atoms with E-state index in [1.165, 1.54) is 12.6 Å². The fourth-order valence-electron chi connectivity index (χ4n) is 2.40. The van der Waals surface area contributed by atoms with E-state index in [1.807, 2.05) is 19.1 Å². The third-order valence-electron chi connectivity index (χ3n) is 3.90. The molecular formula is C16H19N3O2. The maximum atomic E-state index is 12.2. The zero-order valence-electron chi connectivity index (χ0n) is 12.5. The minimum absolute atomic E-state index is 0.153. The van der Waals surface area contributed by atoms with Gasteiger partial charge in [0.15, 0.2) is 0 Å². The van der Waals surface area contributed by atoms with Crippen LogP contribution in [-0.4, -0.2) is 27.8 Å². The van der Waals surface area contributed by atoms with Crippen LogP contribution in [0.15, 0.2) is 28.9 Å². The van der Waals surface area contributed by atoms with Gasteiger partial charge in [0, 0.05) is 19.2 Å². The molecule has 0 radical (unpaired) electrons. The fourth-order valence-corrected chi connectivity index (χ4v) is 2.40. The van der Waals surface area contributed by atoms with Crippen molar-refractivity contribution in [3.05, 3.63) is 47.4 Å². The molecule has 1 amide bonds. The number of nitrogens with zero attached hydrogens (tertiary/aromatic N) is 3. The molecule has 0 aliphatic heterocycles. The van der Waals surface area contributed by atoms with Crippen LogP contribution in [0.25, 0.3) is 0 Å². The van der Waals surface area contributed by atoms with Crippen molar-refractivity contribution >= 4 is 5.91 Å². The van der Waals surface area contributed by atoms with Crippen molar-refractivity contribution in [1.82, 2.24) is 14.9 Å². The van der Waals surface area contributed by atoms with Crippen LogP contribution >= 0.6 is 0 Å². The first-order valence-corrected chi connectivity index (χ1v) is 7.17. The zero-order chi connectivity index (χ0) is 15.0. The third-order valence-corrected chi connectivity index (χ3v) is 3.90. The van der Waals surface area contributed by atoms with Crippen LogP contribution in [0.4, 0.5) is 0 Å². The second kappa shape index (κ2) is 5.31. The van der Waals surface area contributed by atoms with Crippen molar-refractivity contribution in [2.45, 2.75) is 32.7 Å². The number of furan rings is 1. The third kappa shape index (κ3) is 2.96. The lowest BCUT2D eigenvalue weighted by molar-refractivity contribution is 0.0768. The van der Waals surface area contributed by atoms with Gasteiger partial charge < -0.3 is 9.32 Å². The molecule has 2 atom stereocenters. The molecule has 110 valence electrons. The number of hydrogen-bond donors (Lipinski definition) is 0. The molecule has 5 nitrogen and oxygen atoms in total. The predicted octanol–water partition coefficient (Wildman–Crippen LogP) is 2.77. The van der Waals surface area contributed by atoms with Crippen molar-refractivity contribution in [3.63, 3.8) is 0 Å². The summed E-state index contributed by atoms with van der Waals surface area (Å²) in [7, 11) is 1.74. The van der Waals surface area contributed by atoms with Gasteiger partial charge in [0.05, 0.1) is 18.4 Å². The summed E-state index contributed by atoms with van der Waals surface area (Å²) >= 11 is 0. The Kier molecular flexibility index (Phi) is 3.49. The maximum absolute atomic E-state index is 12.2. The monoisotopic (exact) mass is 285 g/mol. The summed E-state index contributed by atoms with van der Waals surface area (Å²) in [6, 6.07) is 3.97. The molecule has 0 N–H and O–H groups in total. The van der Waals surface area contributed by atoms with Gasteiger partial charge >= 0.3 is 0 Å². The van der Waals surface area contributed by atoms with Gasteiger partial charge in [-0.15, -0.1) is 0 Å². The largest absolute Gasteiger partial charge is 0.464 e. The van der Waals surface area contributed by atoms with Crippen LogP contribution < -0.4 is 0 Å². The molecule has 21 heavy (non-hydrogen) atoms. The van der Waals surface area contributed by atoms with E-state index in [9.17, 15) is 4.79 Å². The molecule has 0 unspecified atom stereocenters. The number of carbonyl (C=O) groups is 1. The smallest absolute Gasteiger partial charge is 0.274 e. The number of amides is 1. The molecule has 3 rings (SSSR count). The molecule has 1 saturated carbocycles. The van der Waals surface area contributed by atoms with Crippen molar-refractivity contribution in [1.29, 1.82) is 0 Å². The van der Waals surface area contributed by atoms with Gasteiger partial charge in [-0.3, -0.25) is 9.78 Å². The molecule has 2 aromatic rings. The molecule has 1 fully saturated rings. The van der Waals surface area contributed by atoms with Crippen molar-refractivity contribution in [3.8, 4) is 0 Å². The molecule has 0 aromatic carbocycles. The quantitative estimate of drug-likeness (QED) is 0.866. The molecule has 0 spiro atoms. The van der Waals surface area contributed by atoms with E-state index < -0.39 is 0 Å². The van der Waals surface area contributed by atoms with E-state index in [4.69, 9.17) is 4.42 Å². The van der Waals surface area contributed by atoms with E-state index in [2.05, 4.69) is 16.9 Å². The highest BCUT2D eigenvalue weighted by Gasteiger charge is 2.36. The van der Waals surface area contributed by atoms with Crippen LogP contribution in [0.1, 0.15) is 47.0 Å². The highest BCUT2D eigenvalue weighted by molar-refractivity contribution is 5.91. The normalized spacial score (nSPS) is 20.3. The highest BCUT2D eigenvalue weighted by atomic mass is 16.3. The Morgan fingerprint density at radius 2 is 2.14 bits per heavy atom. The number of carbonyl (C=O) groups excluding carboxylic acids is 1. The molecule has 1 aliphatic carbocycles. The summed E-state index contributed by atoms with van der Waals surface area (Å²) in [6.45, 7) is 4.50.